The first-order valence-electron chi connectivity index (χ1n) is 4.01. The molecule has 0 bridgehead atoms. The Morgan fingerprint density at radius 2 is 2.25 bits per heavy atom. The first-order valence-corrected chi connectivity index (χ1v) is 4.39. The molecule has 0 spiro atoms. The Kier molecular flexibility index (Phi) is 1.81. The molecule has 64 valence electrons. The van der Waals surface area contributed by atoms with Crippen molar-refractivity contribution in [1.82, 2.24) is 4.98 Å². The molecule has 1 saturated carbocycles. The fraction of sp³-hybridized carbons (Fsp3) is 0.444. The van der Waals surface area contributed by atoms with E-state index in [1.165, 1.54) is 0 Å². The van der Waals surface area contributed by atoms with Crippen LogP contribution in [0.2, 0.25) is 5.15 Å². The molecule has 2 rings (SSSR count). The molecule has 12 heavy (non-hydrogen) atoms. The molecule has 1 aromatic heterocycles. The SMILES string of the molecule is OC1(Cc2ccc(Cl)nc2)CC1. The average Bonchev–Trinajstić information content (AvgIpc) is 2.74. The second-order valence-corrected chi connectivity index (χ2v) is 3.78. The van der Waals surface area contributed by atoms with Crippen molar-refractivity contribution in [2.75, 3.05) is 0 Å². The fourth-order valence-corrected chi connectivity index (χ4v) is 1.32. The third kappa shape index (κ3) is 1.76. The monoisotopic (exact) mass is 183 g/mol. The molecule has 0 unspecified atom stereocenters. The van der Waals surface area contributed by atoms with E-state index in [0.29, 0.717) is 11.6 Å². The van der Waals surface area contributed by atoms with Crippen molar-refractivity contribution >= 4 is 11.6 Å². The lowest BCUT2D eigenvalue weighted by Crippen LogP contribution is -2.10. The lowest BCUT2D eigenvalue weighted by molar-refractivity contribution is 0.151. The van der Waals surface area contributed by atoms with E-state index in [1.54, 1.807) is 12.3 Å². The summed E-state index contributed by atoms with van der Waals surface area (Å²) in [7, 11) is 0. The molecule has 0 aromatic carbocycles. The van der Waals surface area contributed by atoms with Gasteiger partial charge in [0.25, 0.3) is 0 Å². The first-order chi connectivity index (χ1) is 5.68. The van der Waals surface area contributed by atoms with Crippen molar-refractivity contribution in [1.29, 1.82) is 0 Å². The standard InChI is InChI=1S/C9H10ClNO/c10-8-2-1-7(6-11-8)5-9(12)3-4-9/h1-2,6,12H,3-5H2. The molecular formula is C9H10ClNO. The third-order valence-electron chi connectivity index (χ3n) is 2.15. The molecular weight excluding hydrogens is 174 g/mol. The molecule has 1 heterocycles. The summed E-state index contributed by atoms with van der Waals surface area (Å²) in [5, 5.41) is 10.1. The van der Waals surface area contributed by atoms with Gasteiger partial charge in [-0.2, -0.15) is 0 Å². The highest BCUT2D eigenvalue weighted by atomic mass is 35.5. The minimum atomic E-state index is -0.435. The zero-order valence-electron chi connectivity index (χ0n) is 6.63. The van der Waals surface area contributed by atoms with Crippen LogP contribution >= 0.6 is 11.6 Å². The Morgan fingerprint density at radius 3 is 2.75 bits per heavy atom. The van der Waals surface area contributed by atoms with Crippen LogP contribution in [0.3, 0.4) is 0 Å². The summed E-state index contributed by atoms with van der Waals surface area (Å²) in [5.74, 6) is 0. The Balaban J connectivity index is 2.08. The molecule has 1 aliphatic carbocycles. The van der Waals surface area contributed by atoms with Crippen LogP contribution in [-0.2, 0) is 6.42 Å². The van der Waals surface area contributed by atoms with Crippen LogP contribution in [0.15, 0.2) is 18.3 Å². The largest absolute Gasteiger partial charge is 0.390 e. The number of hydrogen-bond donors (Lipinski definition) is 1. The van der Waals surface area contributed by atoms with Gasteiger partial charge in [0.1, 0.15) is 5.15 Å². The van der Waals surface area contributed by atoms with E-state index in [9.17, 15) is 5.11 Å². The summed E-state index contributed by atoms with van der Waals surface area (Å²) in [6, 6.07) is 3.66. The Labute approximate surface area is 76.2 Å². The minimum Gasteiger partial charge on any atom is -0.390 e. The second-order valence-electron chi connectivity index (χ2n) is 3.39. The van der Waals surface area contributed by atoms with Gasteiger partial charge in [-0.1, -0.05) is 17.7 Å². The van der Waals surface area contributed by atoms with Crippen LogP contribution in [0.4, 0.5) is 0 Å². The van der Waals surface area contributed by atoms with Gasteiger partial charge in [0.15, 0.2) is 0 Å². The van der Waals surface area contributed by atoms with E-state index in [4.69, 9.17) is 11.6 Å². The van der Waals surface area contributed by atoms with E-state index in [0.717, 1.165) is 18.4 Å². The van der Waals surface area contributed by atoms with Crippen molar-refractivity contribution in [2.24, 2.45) is 0 Å². The van der Waals surface area contributed by atoms with Crippen LogP contribution in [0, 0.1) is 0 Å². The predicted molar refractivity (Wildman–Crippen MR) is 47.1 cm³/mol. The van der Waals surface area contributed by atoms with Gasteiger partial charge in [0.2, 0.25) is 0 Å². The zero-order chi connectivity index (χ0) is 8.60. The molecule has 3 heteroatoms. The molecule has 0 saturated heterocycles. The third-order valence-corrected chi connectivity index (χ3v) is 2.37. The van der Waals surface area contributed by atoms with Gasteiger partial charge in [-0.3, -0.25) is 0 Å². The number of hydrogen-bond acceptors (Lipinski definition) is 2. The van der Waals surface area contributed by atoms with Crippen molar-refractivity contribution in [2.45, 2.75) is 24.9 Å². The Bertz CT molecular complexity index is 279. The van der Waals surface area contributed by atoms with Gasteiger partial charge in [-0.05, 0) is 24.5 Å². The quantitative estimate of drug-likeness (QED) is 0.710. The minimum absolute atomic E-state index is 0.435. The van der Waals surface area contributed by atoms with E-state index in [2.05, 4.69) is 4.98 Å². The number of aromatic nitrogens is 1. The van der Waals surface area contributed by atoms with Gasteiger partial charge in [-0.25, -0.2) is 4.98 Å². The Hall–Kier alpha value is -0.600. The van der Waals surface area contributed by atoms with Crippen LogP contribution in [0.25, 0.3) is 0 Å². The Morgan fingerprint density at radius 1 is 1.50 bits per heavy atom. The van der Waals surface area contributed by atoms with Crippen molar-refractivity contribution in [3.63, 3.8) is 0 Å². The summed E-state index contributed by atoms with van der Waals surface area (Å²) >= 11 is 5.62. The molecule has 2 nitrogen and oxygen atoms in total. The van der Waals surface area contributed by atoms with Crippen LogP contribution in [-0.4, -0.2) is 15.7 Å². The van der Waals surface area contributed by atoms with E-state index in [-0.39, 0.29) is 0 Å². The van der Waals surface area contributed by atoms with Crippen molar-refractivity contribution in [3.8, 4) is 0 Å². The predicted octanol–water partition coefficient (Wildman–Crippen LogP) is 1.80. The van der Waals surface area contributed by atoms with Crippen molar-refractivity contribution in [3.05, 3.63) is 29.0 Å². The van der Waals surface area contributed by atoms with Crippen LogP contribution < -0.4 is 0 Å². The van der Waals surface area contributed by atoms with E-state index < -0.39 is 5.60 Å². The molecule has 0 amide bonds. The number of pyridine rings is 1. The number of nitrogens with zero attached hydrogens (tertiary/aromatic N) is 1. The van der Waals surface area contributed by atoms with Gasteiger partial charge in [-0.15, -0.1) is 0 Å². The van der Waals surface area contributed by atoms with Gasteiger partial charge < -0.3 is 5.11 Å². The maximum atomic E-state index is 9.59. The lowest BCUT2D eigenvalue weighted by atomic mass is 10.1. The molecule has 1 aromatic rings. The normalized spacial score (nSPS) is 19.2. The maximum Gasteiger partial charge on any atom is 0.129 e. The highest BCUT2D eigenvalue weighted by Crippen LogP contribution is 2.38. The van der Waals surface area contributed by atoms with Crippen LogP contribution in [0.1, 0.15) is 18.4 Å². The smallest absolute Gasteiger partial charge is 0.129 e. The topological polar surface area (TPSA) is 33.1 Å². The average molecular weight is 184 g/mol. The summed E-state index contributed by atoms with van der Waals surface area (Å²) < 4.78 is 0. The number of halogens is 1. The van der Waals surface area contributed by atoms with Crippen LogP contribution in [0.5, 0.6) is 0 Å². The molecule has 0 atom stereocenters. The summed E-state index contributed by atoms with van der Waals surface area (Å²) in [5.41, 5.74) is 0.620. The number of aliphatic hydroxyl groups is 1. The van der Waals surface area contributed by atoms with E-state index >= 15 is 0 Å². The maximum absolute atomic E-state index is 9.59. The van der Waals surface area contributed by atoms with Gasteiger partial charge in [0, 0.05) is 12.6 Å². The zero-order valence-corrected chi connectivity index (χ0v) is 7.38. The molecule has 1 N–H and O–H groups in total. The molecule has 0 aliphatic heterocycles. The highest BCUT2D eigenvalue weighted by Gasteiger charge is 2.40. The molecule has 1 aliphatic rings. The molecule has 1 fully saturated rings. The summed E-state index contributed by atoms with van der Waals surface area (Å²) in [4.78, 5) is 3.95. The van der Waals surface area contributed by atoms with Crippen molar-refractivity contribution < 1.29 is 5.11 Å². The number of rotatable bonds is 2. The van der Waals surface area contributed by atoms with E-state index in [1.807, 2.05) is 6.07 Å². The molecule has 0 radical (unpaired) electrons. The summed E-state index contributed by atoms with van der Waals surface area (Å²) in [6.07, 6.45) is 4.25. The summed E-state index contributed by atoms with van der Waals surface area (Å²) in [6.45, 7) is 0. The highest BCUT2D eigenvalue weighted by molar-refractivity contribution is 6.29. The van der Waals surface area contributed by atoms with Gasteiger partial charge >= 0.3 is 0 Å². The second kappa shape index (κ2) is 2.71. The fourth-order valence-electron chi connectivity index (χ4n) is 1.21. The lowest BCUT2D eigenvalue weighted by Gasteiger charge is -2.05. The first kappa shape index (κ1) is 8.02. The van der Waals surface area contributed by atoms with Gasteiger partial charge in [0.05, 0.1) is 5.60 Å².